The third kappa shape index (κ3) is 4.54. The molecule has 10 heteroatoms. The summed E-state index contributed by atoms with van der Waals surface area (Å²) in [5.74, 6) is 0.349. The quantitative estimate of drug-likeness (QED) is 0.324. The lowest BCUT2D eigenvalue weighted by Crippen LogP contribution is -2.17. The highest BCUT2D eigenvalue weighted by Crippen LogP contribution is 2.42. The molecule has 1 unspecified atom stereocenters. The molecule has 0 radical (unpaired) electrons. The number of nitrogens with zero attached hydrogens (tertiary/aromatic N) is 2. The Morgan fingerprint density at radius 1 is 1.06 bits per heavy atom. The van der Waals surface area contributed by atoms with Crippen LogP contribution in [0.4, 0.5) is 16.6 Å². The van der Waals surface area contributed by atoms with Gasteiger partial charge in [-0.3, -0.25) is 4.72 Å². The van der Waals surface area contributed by atoms with E-state index in [0.29, 0.717) is 33.1 Å². The molecule has 0 amide bonds. The number of aryl methyl sites for hydroxylation is 1. The van der Waals surface area contributed by atoms with Crippen LogP contribution in [-0.4, -0.2) is 31.5 Å². The predicted molar refractivity (Wildman–Crippen MR) is 142 cm³/mol. The molecule has 0 spiro atoms. The molecule has 0 bridgehead atoms. The summed E-state index contributed by atoms with van der Waals surface area (Å²) in [6.45, 7) is 3.93. The Bertz CT molecular complexity index is 1580. The fourth-order valence-corrected chi connectivity index (χ4v) is 7.12. The van der Waals surface area contributed by atoms with Gasteiger partial charge in [0.15, 0.2) is 11.6 Å². The standard InChI is InChI=1S/C26H26N4O4S2/c1-15-12-13-17-20(14-15)35-25(22(17)26(31)34-3)29-23-24(28-19-10-6-5-9-18(19)27-23)30-36(32,33)21-11-7-4-8-16(21)2/h4-11,15H,12-14H2,1-3H3,(H,27,29)(H,28,30). The van der Waals surface area contributed by atoms with Crippen molar-refractivity contribution in [1.82, 2.24) is 9.97 Å². The van der Waals surface area contributed by atoms with Crippen LogP contribution in [0.1, 0.15) is 39.7 Å². The first kappa shape index (κ1) is 24.2. The Kier molecular flexibility index (Phi) is 6.40. The molecule has 1 aliphatic rings. The maximum atomic E-state index is 13.3. The number of fused-ring (bicyclic) bond motifs is 2. The lowest BCUT2D eigenvalue weighted by Gasteiger charge is -2.18. The molecule has 1 aliphatic carbocycles. The minimum Gasteiger partial charge on any atom is -0.465 e. The van der Waals surface area contributed by atoms with E-state index in [9.17, 15) is 13.2 Å². The highest BCUT2D eigenvalue weighted by Gasteiger charge is 2.29. The number of carbonyl (C=O) groups excluding carboxylic acids is 1. The van der Waals surface area contributed by atoms with E-state index in [2.05, 4.69) is 26.9 Å². The van der Waals surface area contributed by atoms with Crippen LogP contribution < -0.4 is 10.0 Å². The van der Waals surface area contributed by atoms with Crippen LogP contribution in [0.25, 0.3) is 11.0 Å². The summed E-state index contributed by atoms with van der Waals surface area (Å²) in [7, 11) is -2.59. The Hall–Kier alpha value is -3.50. The van der Waals surface area contributed by atoms with E-state index in [-0.39, 0.29) is 16.5 Å². The number of para-hydroxylation sites is 2. The van der Waals surface area contributed by atoms with Crippen LogP contribution >= 0.6 is 11.3 Å². The zero-order valence-corrected chi connectivity index (χ0v) is 21.8. The number of carbonyl (C=O) groups is 1. The summed E-state index contributed by atoms with van der Waals surface area (Å²) in [4.78, 5) is 23.3. The lowest BCUT2D eigenvalue weighted by atomic mass is 9.88. The fourth-order valence-electron chi connectivity index (χ4n) is 4.46. The van der Waals surface area contributed by atoms with Crippen molar-refractivity contribution in [3.05, 3.63) is 70.1 Å². The first-order valence-corrected chi connectivity index (χ1v) is 13.9. The Labute approximate surface area is 213 Å². The minimum absolute atomic E-state index is 0.0486. The number of nitrogens with one attached hydrogen (secondary N) is 2. The second-order valence-electron chi connectivity index (χ2n) is 8.95. The van der Waals surface area contributed by atoms with Crippen molar-refractivity contribution in [3.63, 3.8) is 0 Å². The van der Waals surface area contributed by atoms with Gasteiger partial charge in [-0.15, -0.1) is 11.3 Å². The average Bonchev–Trinajstić information content (AvgIpc) is 3.20. The van der Waals surface area contributed by atoms with Gasteiger partial charge in [0.05, 0.1) is 28.6 Å². The van der Waals surface area contributed by atoms with E-state index in [1.165, 1.54) is 18.4 Å². The van der Waals surface area contributed by atoms with Crippen LogP contribution in [0.2, 0.25) is 0 Å². The molecule has 2 aromatic heterocycles. The number of ether oxygens (including phenoxy) is 1. The predicted octanol–water partition coefficient (Wildman–Crippen LogP) is 5.46. The van der Waals surface area contributed by atoms with Crippen LogP contribution in [0.3, 0.4) is 0 Å². The number of hydrogen-bond donors (Lipinski definition) is 2. The molecule has 2 heterocycles. The van der Waals surface area contributed by atoms with E-state index in [1.807, 2.05) is 12.1 Å². The molecule has 8 nitrogen and oxygen atoms in total. The maximum absolute atomic E-state index is 13.3. The summed E-state index contributed by atoms with van der Waals surface area (Å²) in [5, 5.41) is 3.80. The fraction of sp³-hybridized carbons (Fsp3) is 0.269. The lowest BCUT2D eigenvalue weighted by molar-refractivity contribution is 0.0600. The third-order valence-electron chi connectivity index (χ3n) is 6.32. The van der Waals surface area contributed by atoms with Gasteiger partial charge in [-0.2, -0.15) is 0 Å². The number of methoxy groups -OCH3 is 1. The van der Waals surface area contributed by atoms with Gasteiger partial charge in [-0.25, -0.2) is 23.2 Å². The summed E-state index contributed by atoms with van der Waals surface area (Å²) in [6.07, 6.45) is 2.65. The zero-order chi connectivity index (χ0) is 25.4. The molecule has 0 saturated heterocycles. The van der Waals surface area contributed by atoms with E-state index < -0.39 is 16.0 Å². The molecule has 186 valence electrons. The maximum Gasteiger partial charge on any atom is 0.341 e. The monoisotopic (exact) mass is 522 g/mol. The zero-order valence-electron chi connectivity index (χ0n) is 20.2. The average molecular weight is 523 g/mol. The minimum atomic E-state index is -3.95. The first-order chi connectivity index (χ1) is 17.3. The summed E-state index contributed by atoms with van der Waals surface area (Å²) in [6, 6.07) is 14.0. The number of rotatable bonds is 6. The molecular formula is C26H26N4O4S2. The molecule has 0 saturated carbocycles. The van der Waals surface area contributed by atoms with Crippen molar-refractivity contribution in [1.29, 1.82) is 0 Å². The molecule has 0 aliphatic heterocycles. The number of esters is 1. The highest BCUT2D eigenvalue weighted by molar-refractivity contribution is 7.92. The van der Waals surface area contributed by atoms with Crippen LogP contribution in [0, 0.1) is 12.8 Å². The van der Waals surface area contributed by atoms with Gasteiger partial charge in [0.1, 0.15) is 5.00 Å². The molecule has 2 N–H and O–H groups in total. The Morgan fingerprint density at radius 2 is 1.72 bits per heavy atom. The second kappa shape index (κ2) is 9.51. The largest absolute Gasteiger partial charge is 0.465 e. The van der Waals surface area contributed by atoms with Gasteiger partial charge in [-0.05, 0) is 61.4 Å². The van der Waals surface area contributed by atoms with Crippen LogP contribution in [0.15, 0.2) is 53.4 Å². The van der Waals surface area contributed by atoms with Crippen LogP contribution in [0.5, 0.6) is 0 Å². The normalized spacial score (nSPS) is 15.4. The highest BCUT2D eigenvalue weighted by atomic mass is 32.2. The number of hydrogen-bond acceptors (Lipinski definition) is 8. The van der Waals surface area contributed by atoms with E-state index in [1.54, 1.807) is 43.3 Å². The number of anilines is 3. The van der Waals surface area contributed by atoms with Crippen molar-refractivity contribution in [2.45, 2.75) is 38.0 Å². The molecule has 1 atom stereocenters. The molecule has 36 heavy (non-hydrogen) atoms. The van der Waals surface area contributed by atoms with Gasteiger partial charge in [-0.1, -0.05) is 37.3 Å². The summed E-state index contributed by atoms with van der Waals surface area (Å²) in [5.41, 5.74) is 3.21. The number of benzene rings is 2. The molecular weight excluding hydrogens is 496 g/mol. The van der Waals surface area contributed by atoms with Crippen molar-refractivity contribution in [2.75, 3.05) is 17.1 Å². The summed E-state index contributed by atoms with van der Waals surface area (Å²) < 4.78 is 34.3. The topological polar surface area (TPSA) is 110 Å². The first-order valence-electron chi connectivity index (χ1n) is 11.6. The van der Waals surface area contributed by atoms with Crippen molar-refractivity contribution < 1.29 is 17.9 Å². The smallest absolute Gasteiger partial charge is 0.341 e. The van der Waals surface area contributed by atoms with Crippen molar-refractivity contribution in [2.24, 2.45) is 5.92 Å². The third-order valence-corrected chi connectivity index (χ3v) is 8.99. The molecule has 5 rings (SSSR count). The summed E-state index contributed by atoms with van der Waals surface area (Å²) >= 11 is 1.48. The number of thiophene rings is 1. The molecule has 4 aromatic rings. The van der Waals surface area contributed by atoms with E-state index in [4.69, 9.17) is 4.74 Å². The SMILES string of the molecule is COC(=O)c1c(Nc2nc3ccccc3nc2NS(=O)(=O)c2ccccc2C)sc2c1CCC(C)C2. The Morgan fingerprint density at radius 3 is 2.42 bits per heavy atom. The van der Waals surface area contributed by atoms with Gasteiger partial charge in [0, 0.05) is 4.88 Å². The van der Waals surface area contributed by atoms with E-state index in [0.717, 1.165) is 29.7 Å². The number of aromatic nitrogens is 2. The van der Waals surface area contributed by atoms with Crippen molar-refractivity contribution >= 4 is 55.0 Å². The Balaban J connectivity index is 1.62. The second-order valence-corrected chi connectivity index (χ2v) is 11.7. The molecule has 0 fully saturated rings. The van der Waals surface area contributed by atoms with Crippen LogP contribution in [-0.2, 0) is 27.6 Å². The number of sulfonamides is 1. The van der Waals surface area contributed by atoms with E-state index >= 15 is 0 Å². The van der Waals surface area contributed by atoms with Gasteiger partial charge in [0.2, 0.25) is 0 Å². The molecule has 2 aromatic carbocycles. The van der Waals surface area contributed by atoms with Gasteiger partial charge >= 0.3 is 5.97 Å². The van der Waals surface area contributed by atoms with Gasteiger partial charge < -0.3 is 10.1 Å². The van der Waals surface area contributed by atoms with Gasteiger partial charge in [0.25, 0.3) is 10.0 Å². The van der Waals surface area contributed by atoms with Crippen molar-refractivity contribution in [3.8, 4) is 0 Å².